The number of benzene rings is 1. The maximum absolute atomic E-state index is 8.98. The van der Waals surface area contributed by atoms with Crippen LogP contribution in [0.5, 0.6) is 0 Å². The standard InChI is InChI=1S/C9H10.CCl2O/c1-2-4-8(5-3-1)9-6-7-9;2-1(3)4/h1-5,9H,6-7H2;. The summed E-state index contributed by atoms with van der Waals surface area (Å²) in [7, 11) is 0. The molecular formula is C10H10Cl2O. The van der Waals surface area contributed by atoms with Gasteiger partial charge in [-0.1, -0.05) is 30.3 Å². The van der Waals surface area contributed by atoms with E-state index in [1.54, 1.807) is 0 Å². The van der Waals surface area contributed by atoms with Crippen molar-refractivity contribution < 1.29 is 4.79 Å². The van der Waals surface area contributed by atoms with Crippen molar-refractivity contribution in [2.45, 2.75) is 18.8 Å². The molecule has 1 aromatic carbocycles. The molecule has 1 nitrogen and oxygen atoms in total. The molecule has 0 bridgehead atoms. The summed E-state index contributed by atoms with van der Waals surface area (Å²) in [6, 6.07) is 10.8. The zero-order valence-corrected chi connectivity index (χ0v) is 8.55. The Morgan fingerprint density at radius 1 is 1.15 bits per heavy atom. The van der Waals surface area contributed by atoms with Gasteiger partial charge in [0, 0.05) is 0 Å². The van der Waals surface area contributed by atoms with Crippen LogP contribution in [0, 0.1) is 0 Å². The zero-order valence-electron chi connectivity index (χ0n) is 7.04. The van der Waals surface area contributed by atoms with Crippen LogP contribution < -0.4 is 0 Å². The topological polar surface area (TPSA) is 17.1 Å². The van der Waals surface area contributed by atoms with Gasteiger partial charge in [0.05, 0.1) is 0 Å². The highest BCUT2D eigenvalue weighted by atomic mass is 35.5. The first-order valence-corrected chi connectivity index (χ1v) is 4.85. The van der Waals surface area contributed by atoms with E-state index in [9.17, 15) is 0 Å². The van der Waals surface area contributed by atoms with Crippen LogP contribution in [0.25, 0.3) is 0 Å². The van der Waals surface area contributed by atoms with E-state index >= 15 is 0 Å². The van der Waals surface area contributed by atoms with Gasteiger partial charge in [-0.15, -0.1) is 0 Å². The average Bonchev–Trinajstić information content (AvgIpc) is 2.87. The molecular weight excluding hydrogens is 207 g/mol. The molecule has 13 heavy (non-hydrogen) atoms. The molecule has 1 aromatic rings. The smallest absolute Gasteiger partial charge is 0.262 e. The number of hydrogen-bond donors (Lipinski definition) is 0. The molecule has 70 valence electrons. The van der Waals surface area contributed by atoms with Crippen LogP contribution in [0.4, 0.5) is 4.79 Å². The van der Waals surface area contributed by atoms with Crippen LogP contribution in [-0.2, 0) is 0 Å². The Bertz CT molecular complexity index is 264. The lowest BCUT2D eigenvalue weighted by Crippen LogP contribution is -1.73. The number of carbonyl (C=O) groups is 1. The molecule has 0 N–H and O–H groups in total. The molecule has 0 unspecified atom stereocenters. The van der Waals surface area contributed by atoms with Crippen LogP contribution in [0.3, 0.4) is 0 Å². The first kappa shape index (κ1) is 10.6. The van der Waals surface area contributed by atoms with Crippen LogP contribution in [0.15, 0.2) is 30.3 Å². The highest BCUT2D eigenvalue weighted by Gasteiger charge is 2.22. The van der Waals surface area contributed by atoms with Gasteiger partial charge >= 0.3 is 4.70 Å². The summed E-state index contributed by atoms with van der Waals surface area (Å²) >= 11 is 8.80. The summed E-state index contributed by atoms with van der Waals surface area (Å²) in [6.07, 6.45) is 2.81. The first-order valence-electron chi connectivity index (χ1n) is 4.10. The van der Waals surface area contributed by atoms with Gasteiger partial charge in [0.2, 0.25) is 0 Å². The fourth-order valence-electron chi connectivity index (χ4n) is 1.14. The molecule has 0 spiro atoms. The number of hydrogen-bond acceptors (Lipinski definition) is 1. The molecule has 0 radical (unpaired) electrons. The summed E-state index contributed by atoms with van der Waals surface area (Å²) in [4.78, 5) is 8.98. The van der Waals surface area contributed by atoms with Crippen LogP contribution in [0.1, 0.15) is 24.3 Å². The fraction of sp³-hybridized carbons (Fsp3) is 0.300. The van der Waals surface area contributed by atoms with Crippen molar-refractivity contribution >= 4 is 27.9 Å². The lowest BCUT2D eigenvalue weighted by Gasteiger charge is -1.92. The van der Waals surface area contributed by atoms with Crippen LogP contribution >= 0.6 is 23.2 Å². The van der Waals surface area contributed by atoms with Crippen LogP contribution in [-0.4, -0.2) is 4.70 Å². The number of halogens is 2. The molecule has 0 saturated heterocycles. The summed E-state index contributed by atoms with van der Waals surface area (Å²) in [5, 5.41) is 0. The Hall–Kier alpha value is -0.530. The summed E-state index contributed by atoms with van der Waals surface area (Å²) in [5.74, 6) is 0.909. The Kier molecular flexibility index (Phi) is 4.26. The van der Waals surface area contributed by atoms with Crippen molar-refractivity contribution in [3.63, 3.8) is 0 Å². The minimum absolute atomic E-state index is 0.889. The van der Waals surface area contributed by atoms with E-state index < -0.39 is 4.70 Å². The molecule has 1 aliphatic carbocycles. The monoisotopic (exact) mass is 216 g/mol. The van der Waals surface area contributed by atoms with Gasteiger partial charge < -0.3 is 0 Å². The van der Waals surface area contributed by atoms with E-state index in [-0.39, 0.29) is 0 Å². The van der Waals surface area contributed by atoms with Gasteiger partial charge in [-0.3, -0.25) is 4.79 Å². The number of rotatable bonds is 1. The Morgan fingerprint density at radius 3 is 2.00 bits per heavy atom. The fourth-order valence-corrected chi connectivity index (χ4v) is 1.14. The van der Waals surface area contributed by atoms with Crippen molar-refractivity contribution in [3.05, 3.63) is 35.9 Å². The minimum Gasteiger partial charge on any atom is -0.262 e. The molecule has 1 fully saturated rings. The second kappa shape index (κ2) is 5.25. The minimum atomic E-state index is -0.889. The Balaban J connectivity index is 0.000000184. The molecule has 1 aliphatic rings. The highest BCUT2D eigenvalue weighted by Crippen LogP contribution is 2.39. The zero-order chi connectivity index (χ0) is 9.68. The molecule has 3 heteroatoms. The van der Waals surface area contributed by atoms with Crippen molar-refractivity contribution in [2.75, 3.05) is 0 Å². The largest absolute Gasteiger partial charge is 0.313 e. The van der Waals surface area contributed by atoms with Gasteiger partial charge in [-0.2, -0.15) is 0 Å². The second-order valence-corrected chi connectivity index (χ2v) is 3.79. The van der Waals surface area contributed by atoms with E-state index in [1.165, 1.54) is 18.4 Å². The average molecular weight is 217 g/mol. The van der Waals surface area contributed by atoms with E-state index in [2.05, 4.69) is 53.5 Å². The molecule has 0 aliphatic heterocycles. The molecule has 0 amide bonds. The van der Waals surface area contributed by atoms with Crippen molar-refractivity contribution in [1.29, 1.82) is 0 Å². The predicted molar refractivity (Wildman–Crippen MR) is 55.5 cm³/mol. The third-order valence-corrected chi connectivity index (χ3v) is 1.85. The first-order chi connectivity index (χ1) is 6.20. The maximum Gasteiger partial charge on any atom is 0.313 e. The van der Waals surface area contributed by atoms with E-state index in [1.807, 2.05) is 0 Å². The van der Waals surface area contributed by atoms with E-state index in [4.69, 9.17) is 4.79 Å². The number of carbonyl (C=O) groups excluding carboxylic acids is 1. The SMILES string of the molecule is O=C(Cl)Cl.c1ccc(C2CC2)cc1. The van der Waals surface area contributed by atoms with Crippen molar-refractivity contribution in [1.82, 2.24) is 0 Å². The van der Waals surface area contributed by atoms with Crippen molar-refractivity contribution in [3.8, 4) is 0 Å². The van der Waals surface area contributed by atoms with Gasteiger partial charge in [-0.25, -0.2) is 0 Å². The van der Waals surface area contributed by atoms with Gasteiger partial charge in [0.15, 0.2) is 0 Å². The Morgan fingerprint density at radius 2 is 1.62 bits per heavy atom. The Labute approximate surface area is 87.7 Å². The summed E-state index contributed by atoms with van der Waals surface area (Å²) < 4.78 is -0.889. The second-order valence-electron chi connectivity index (χ2n) is 2.91. The van der Waals surface area contributed by atoms with Crippen molar-refractivity contribution in [2.24, 2.45) is 0 Å². The lowest BCUT2D eigenvalue weighted by atomic mass is 10.1. The maximum atomic E-state index is 8.98. The summed E-state index contributed by atoms with van der Waals surface area (Å²) in [6.45, 7) is 0. The molecule has 0 heterocycles. The molecule has 0 aromatic heterocycles. The van der Waals surface area contributed by atoms with Gasteiger partial charge in [-0.05, 0) is 47.5 Å². The van der Waals surface area contributed by atoms with Crippen LogP contribution in [0.2, 0.25) is 0 Å². The van der Waals surface area contributed by atoms with E-state index in [0.717, 1.165) is 5.92 Å². The van der Waals surface area contributed by atoms with Gasteiger partial charge in [0.1, 0.15) is 0 Å². The van der Waals surface area contributed by atoms with Gasteiger partial charge in [0.25, 0.3) is 0 Å². The predicted octanol–water partition coefficient (Wildman–Crippen LogP) is 4.15. The lowest BCUT2D eigenvalue weighted by molar-refractivity contribution is 0.275. The quantitative estimate of drug-likeness (QED) is 0.645. The molecule has 1 saturated carbocycles. The highest BCUT2D eigenvalue weighted by molar-refractivity contribution is 6.93. The summed E-state index contributed by atoms with van der Waals surface area (Å²) in [5.41, 5.74) is 1.53. The van der Waals surface area contributed by atoms with E-state index in [0.29, 0.717) is 0 Å². The third kappa shape index (κ3) is 4.91. The third-order valence-electron chi connectivity index (χ3n) is 1.85. The molecule has 0 atom stereocenters. The normalized spacial score (nSPS) is 14.3. The molecule has 2 rings (SSSR count).